The highest BCUT2D eigenvalue weighted by Gasteiger charge is 2.08. The van der Waals surface area contributed by atoms with Crippen molar-refractivity contribution in [3.05, 3.63) is 65.7 Å². The number of hydrogen-bond acceptors (Lipinski definition) is 2. The highest BCUT2D eigenvalue weighted by Crippen LogP contribution is 2.18. The highest BCUT2D eigenvalue weighted by atomic mass is 32.2. The molecule has 3 heteroatoms. The van der Waals surface area contributed by atoms with Crippen molar-refractivity contribution < 1.29 is 4.21 Å². The first-order valence-corrected chi connectivity index (χ1v) is 8.94. The van der Waals surface area contributed by atoms with Gasteiger partial charge in [-0.25, -0.2) is 0 Å². The van der Waals surface area contributed by atoms with E-state index < -0.39 is 10.8 Å². The van der Waals surface area contributed by atoms with E-state index in [2.05, 4.69) is 42.6 Å². The average molecular weight is 301 g/mol. The smallest absolute Gasteiger partial charge is 0.0498 e. The summed E-state index contributed by atoms with van der Waals surface area (Å²) < 4.78 is 11.4. The maximum absolute atomic E-state index is 11.4. The molecular formula is C18H23NOS. The molecule has 0 aliphatic carbocycles. The van der Waals surface area contributed by atoms with E-state index in [0.717, 1.165) is 24.4 Å². The first-order valence-electron chi connectivity index (χ1n) is 7.38. The van der Waals surface area contributed by atoms with Gasteiger partial charge in [-0.3, -0.25) is 4.21 Å². The van der Waals surface area contributed by atoms with Crippen LogP contribution in [0.5, 0.6) is 0 Å². The van der Waals surface area contributed by atoms with Gasteiger partial charge >= 0.3 is 0 Å². The molecule has 2 aromatic carbocycles. The van der Waals surface area contributed by atoms with Crippen molar-refractivity contribution >= 4 is 10.8 Å². The molecule has 21 heavy (non-hydrogen) atoms. The lowest BCUT2D eigenvalue weighted by Crippen LogP contribution is -2.20. The Hall–Kier alpha value is -1.45. The third-order valence-electron chi connectivity index (χ3n) is 3.74. The lowest BCUT2D eigenvalue weighted by atomic mass is 9.96. The number of rotatable bonds is 7. The molecule has 0 aliphatic rings. The Kier molecular flexibility index (Phi) is 6.15. The van der Waals surface area contributed by atoms with Crippen LogP contribution in [-0.4, -0.2) is 17.0 Å². The van der Waals surface area contributed by atoms with Crippen molar-refractivity contribution in [2.45, 2.75) is 30.7 Å². The van der Waals surface area contributed by atoms with Crippen LogP contribution in [0.2, 0.25) is 0 Å². The summed E-state index contributed by atoms with van der Waals surface area (Å²) in [7, 11) is -0.897. The van der Waals surface area contributed by atoms with Crippen LogP contribution in [0.15, 0.2) is 59.5 Å². The van der Waals surface area contributed by atoms with Crippen LogP contribution in [0.3, 0.4) is 0 Å². The van der Waals surface area contributed by atoms with E-state index in [1.807, 2.05) is 24.3 Å². The molecule has 2 unspecified atom stereocenters. The quantitative estimate of drug-likeness (QED) is 0.844. The second kappa shape index (κ2) is 8.11. The highest BCUT2D eigenvalue weighted by molar-refractivity contribution is 7.84. The summed E-state index contributed by atoms with van der Waals surface area (Å²) in [5.41, 5.74) is 2.62. The van der Waals surface area contributed by atoms with Crippen molar-refractivity contribution in [2.75, 3.05) is 12.8 Å². The molecule has 2 nitrogen and oxygen atoms in total. The lowest BCUT2D eigenvalue weighted by Gasteiger charge is -2.16. The summed E-state index contributed by atoms with van der Waals surface area (Å²) >= 11 is 0. The Bertz CT molecular complexity index is 566. The zero-order valence-corrected chi connectivity index (χ0v) is 13.5. The van der Waals surface area contributed by atoms with Crippen molar-refractivity contribution in [3.63, 3.8) is 0 Å². The van der Waals surface area contributed by atoms with Crippen LogP contribution in [0.1, 0.15) is 30.4 Å². The van der Waals surface area contributed by atoms with Gasteiger partial charge in [-0.1, -0.05) is 49.4 Å². The Balaban J connectivity index is 1.87. The molecule has 0 heterocycles. The van der Waals surface area contributed by atoms with Gasteiger partial charge in [0.25, 0.3) is 0 Å². The number of hydrogen-bond donors (Lipinski definition) is 1. The molecule has 112 valence electrons. The van der Waals surface area contributed by atoms with E-state index in [1.165, 1.54) is 11.1 Å². The van der Waals surface area contributed by atoms with Crippen molar-refractivity contribution in [1.82, 2.24) is 5.32 Å². The standard InChI is InChI=1S/C18H23NOS/c1-3-16(17-7-5-4-6-8-17)14-19-13-15-9-11-18(12-10-15)21(2)20/h4-12,16,19H,3,13-14H2,1-2H3. The Morgan fingerprint density at radius 3 is 2.29 bits per heavy atom. The van der Waals surface area contributed by atoms with Gasteiger partial charge in [0.15, 0.2) is 0 Å². The van der Waals surface area contributed by atoms with Crippen LogP contribution in [0, 0.1) is 0 Å². The Morgan fingerprint density at radius 1 is 1.05 bits per heavy atom. The van der Waals surface area contributed by atoms with E-state index in [9.17, 15) is 4.21 Å². The number of benzene rings is 2. The van der Waals surface area contributed by atoms with Gasteiger partial charge in [-0.05, 0) is 35.6 Å². The maximum Gasteiger partial charge on any atom is 0.0498 e. The maximum atomic E-state index is 11.4. The summed E-state index contributed by atoms with van der Waals surface area (Å²) in [6.45, 7) is 4.05. The largest absolute Gasteiger partial charge is 0.312 e. The second-order valence-corrected chi connectivity index (χ2v) is 6.62. The minimum atomic E-state index is -0.897. The van der Waals surface area contributed by atoms with Crippen molar-refractivity contribution in [1.29, 1.82) is 0 Å². The summed E-state index contributed by atoms with van der Waals surface area (Å²) in [5, 5.41) is 3.52. The Morgan fingerprint density at radius 2 is 1.71 bits per heavy atom. The fraction of sp³-hybridized carbons (Fsp3) is 0.333. The SMILES string of the molecule is CCC(CNCc1ccc(S(C)=O)cc1)c1ccccc1. The molecule has 0 bridgehead atoms. The van der Waals surface area contributed by atoms with Gasteiger partial charge < -0.3 is 5.32 Å². The number of nitrogens with one attached hydrogen (secondary N) is 1. The summed E-state index contributed by atoms with van der Waals surface area (Å²) in [4.78, 5) is 0.884. The monoisotopic (exact) mass is 301 g/mol. The fourth-order valence-electron chi connectivity index (χ4n) is 2.41. The third kappa shape index (κ3) is 4.80. The molecular weight excluding hydrogens is 278 g/mol. The second-order valence-electron chi connectivity index (χ2n) is 5.24. The molecule has 2 atom stereocenters. The van der Waals surface area contributed by atoms with E-state index >= 15 is 0 Å². The average Bonchev–Trinajstić information content (AvgIpc) is 2.53. The zero-order chi connectivity index (χ0) is 15.1. The molecule has 2 aromatic rings. The fourth-order valence-corrected chi connectivity index (χ4v) is 2.93. The van der Waals surface area contributed by atoms with Gasteiger partial charge in [0, 0.05) is 35.0 Å². The van der Waals surface area contributed by atoms with Gasteiger partial charge in [0.05, 0.1) is 0 Å². The molecule has 0 saturated heterocycles. The van der Waals surface area contributed by atoms with E-state index in [1.54, 1.807) is 6.26 Å². The predicted octanol–water partition coefficient (Wildman–Crippen LogP) is 3.71. The van der Waals surface area contributed by atoms with Crippen LogP contribution >= 0.6 is 0 Å². The molecule has 0 saturated carbocycles. The van der Waals surface area contributed by atoms with E-state index in [4.69, 9.17) is 0 Å². The lowest BCUT2D eigenvalue weighted by molar-refractivity contribution is 0.569. The van der Waals surface area contributed by atoms with E-state index in [0.29, 0.717) is 5.92 Å². The molecule has 0 aliphatic heterocycles. The molecule has 1 N–H and O–H groups in total. The molecule has 0 aromatic heterocycles. The van der Waals surface area contributed by atoms with Crippen LogP contribution in [0.25, 0.3) is 0 Å². The topological polar surface area (TPSA) is 29.1 Å². The Labute approximate surface area is 130 Å². The first-order chi connectivity index (χ1) is 10.2. The normalized spacial score (nSPS) is 13.8. The van der Waals surface area contributed by atoms with Crippen LogP contribution in [-0.2, 0) is 17.3 Å². The van der Waals surface area contributed by atoms with Gasteiger partial charge in [-0.2, -0.15) is 0 Å². The van der Waals surface area contributed by atoms with Crippen LogP contribution < -0.4 is 5.32 Å². The zero-order valence-electron chi connectivity index (χ0n) is 12.7. The van der Waals surface area contributed by atoms with Gasteiger partial charge in [-0.15, -0.1) is 0 Å². The first kappa shape index (κ1) is 15.9. The van der Waals surface area contributed by atoms with Crippen molar-refractivity contribution in [2.24, 2.45) is 0 Å². The van der Waals surface area contributed by atoms with Crippen LogP contribution in [0.4, 0.5) is 0 Å². The molecule has 0 radical (unpaired) electrons. The minimum absolute atomic E-state index is 0.550. The summed E-state index contributed by atoms with van der Waals surface area (Å²) in [6.07, 6.45) is 2.84. The van der Waals surface area contributed by atoms with Gasteiger partial charge in [0.2, 0.25) is 0 Å². The summed E-state index contributed by atoms with van der Waals surface area (Å²) in [5.74, 6) is 0.550. The minimum Gasteiger partial charge on any atom is -0.312 e. The predicted molar refractivity (Wildman–Crippen MR) is 90.0 cm³/mol. The van der Waals surface area contributed by atoms with Gasteiger partial charge in [0.1, 0.15) is 0 Å². The molecule has 0 spiro atoms. The van der Waals surface area contributed by atoms with Crippen molar-refractivity contribution in [3.8, 4) is 0 Å². The third-order valence-corrected chi connectivity index (χ3v) is 4.67. The van der Waals surface area contributed by atoms with E-state index in [-0.39, 0.29) is 0 Å². The summed E-state index contributed by atoms with van der Waals surface area (Å²) in [6, 6.07) is 18.6. The molecule has 2 rings (SSSR count). The molecule has 0 amide bonds. The molecule has 0 fully saturated rings.